The smallest absolute Gasteiger partial charge is 0.334 e. The molecule has 2 aliphatic heterocycles. The zero-order valence-electron chi connectivity index (χ0n) is 17.5. The largest absolute Gasteiger partial charge is 0.458 e. The zero-order chi connectivity index (χ0) is 20.0. The van der Waals surface area contributed by atoms with Crippen LogP contribution in [0.4, 0.5) is 0 Å². The van der Waals surface area contributed by atoms with Gasteiger partial charge in [0.15, 0.2) is 5.79 Å². The third kappa shape index (κ3) is 3.35. The van der Waals surface area contributed by atoms with Gasteiger partial charge < -0.3 is 19.0 Å². The average Bonchev–Trinajstić information content (AvgIpc) is 3.07. The lowest BCUT2D eigenvalue weighted by Crippen LogP contribution is -2.59. The molecule has 156 valence electrons. The van der Waals surface area contributed by atoms with Gasteiger partial charge in [0, 0.05) is 16.9 Å². The van der Waals surface area contributed by atoms with Crippen molar-refractivity contribution in [2.75, 3.05) is 19.8 Å². The molecule has 0 aromatic heterocycles. The standard InChI is InChI=1S/C23H34O5/c1-21(2)27-14-23(15-28-21)11-4-10-22(3)18(17(13-24)6-8-19(22)23)7-5-16-9-12-26-20(16)25/h9,13,17-19H,4-8,10-12,14-15H2,1-3H3. The van der Waals surface area contributed by atoms with Crippen molar-refractivity contribution in [3.05, 3.63) is 11.6 Å². The summed E-state index contributed by atoms with van der Waals surface area (Å²) in [5, 5.41) is 0. The Morgan fingerprint density at radius 1 is 1.14 bits per heavy atom. The van der Waals surface area contributed by atoms with E-state index in [1.54, 1.807) is 0 Å². The molecule has 0 aromatic carbocycles. The van der Waals surface area contributed by atoms with Crippen molar-refractivity contribution in [1.29, 1.82) is 0 Å². The van der Waals surface area contributed by atoms with Crippen LogP contribution in [0.5, 0.6) is 0 Å². The van der Waals surface area contributed by atoms with Crippen LogP contribution in [0, 0.1) is 28.6 Å². The van der Waals surface area contributed by atoms with Crippen LogP contribution in [0.3, 0.4) is 0 Å². The number of ether oxygens (including phenoxy) is 3. The molecular weight excluding hydrogens is 356 g/mol. The predicted molar refractivity (Wildman–Crippen MR) is 104 cm³/mol. The second-order valence-electron chi connectivity index (χ2n) is 10.1. The molecule has 2 aliphatic carbocycles. The lowest BCUT2D eigenvalue weighted by Gasteiger charge is -2.62. The average molecular weight is 391 g/mol. The number of hydrogen-bond donors (Lipinski definition) is 0. The Labute approximate surface area is 168 Å². The highest BCUT2D eigenvalue weighted by Crippen LogP contribution is 2.63. The molecule has 2 heterocycles. The van der Waals surface area contributed by atoms with Gasteiger partial charge in [-0.05, 0) is 75.7 Å². The third-order valence-corrected chi connectivity index (χ3v) is 8.20. The van der Waals surface area contributed by atoms with Crippen LogP contribution < -0.4 is 0 Å². The summed E-state index contributed by atoms with van der Waals surface area (Å²) in [5.41, 5.74) is 0.923. The highest BCUT2D eigenvalue weighted by Gasteiger charge is 2.59. The van der Waals surface area contributed by atoms with Gasteiger partial charge in [0.25, 0.3) is 0 Å². The molecule has 3 fully saturated rings. The summed E-state index contributed by atoms with van der Waals surface area (Å²) in [7, 11) is 0. The summed E-state index contributed by atoms with van der Waals surface area (Å²) in [4.78, 5) is 23.8. The number of cyclic esters (lactones) is 1. The van der Waals surface area contributed by atoms with Crippen molar-refractivity contribution in [2.24, 2.45) is 28.6 Å². The number of aldehydes is 1. The minimum absolute atomic E-state index is 0.0557. The first-order valence-corrected chi connectivity index (χ1v) is 10.9. The summed E-state index contributed by atoms with van der Waals surface area (Å²) in [6.45, 7) is 8.25. The summed E-state index contributed by atoms with van der Waals surface area (Å²) in [6.07, 6.45) is 10.1. The number of carbonyl (C=O) groups excluding carboxylic acids is 2. The van der Waals surface area contributed by atoms with E-state index in [-0.39, 0.29) is 22.7 Å². The van der Waals surface area contributed by atoms with Gasteiger partial charge in [-0.1, -0.05) is 13.3 Å². The highest BCUT2D eigenvalue weighted by atomic mass is 16.7. The minimum atomic E-state index is -0.506. The SMILES string of the molecule is CC1(C)OCC2(CCCC3(C)C(CCC4=CCOC4=O)C(C=O)CCC23)CO1. The third-order valence-electron chi connectivity index (χ3n) is 8.20. The lowest BCUT2D eigenvalue weighted by molar-refractivity contribution is -0.312. The molecule has 1 spiro atoms. The van der Waals surface area contributed by atoms with Crippen molar-refractivity contribution < 1.29 is 23.8 Å². The van der Waals surface area contributed by atoms with Gasteiger partial charge >= 0.3 is 5.97 Å². The van der Waals surface area contributed by atoms with Gasteiger partial charge in [-0.25, -0.2) is 4.79 Å². The summed E-state index contributed by atoms with van der Waals surface area (Å²) in [6, 6.07) is 0. The topological polar surface area (TPSA) is 61.8 Å². The van der Waals surface area contributed by atoms with Crippen molar-refractivity contribution >= 4 is 12.3 Å². The molecule has 4 unspecified atom stereocenters. The maximum Gasteiger partial charge on any atom is 0.334 e. The number of hydrogen-bond acceptors (Lipinski definition) is 5. The molecule has 0 bridgehead atoms. The Balaban J connectivity index is 1.57. The van der Waals surface area contributed by atoms with E-state index >= 15 is 0 Å². The lowest BCUT2D eigenvalue weighted by atomic mass is 9.45. The molecule has 5 nitrogen and oxygen atoms in total. The molecule has 28 heavy (non-hydrogen) atoms. The molecule has 2 saturated carbocycles. The summed E-state index contributed by atoms with van der Waals surface area (Å²) in [5.74, 6) is 0.182. The Bertz CT molecular complexity index is 656. The number of rotatable bonds is 4. The van der Waals surface area contributed by atoms with Gasteiger partial charge in [-0.2, -0.15) is 0 Å². The monoisotopic (exact) mass is 390 g/mol. The van der Waals surface area contributed by atoms with Crippen LogP contribution in [0.1, 0.15) is 65.7 Å². The van der Waals surface area contributed by atoms with Crippen molar-refractivity contribution in [2.45, 2.75) is 71.5 Å². The Hall–Kier alpha value is -1.20. The van der Waals surface area contributed by atoms with E-state index in [1.165, 1.54) is 6.29 Å². The second kappa shape index (κ2) is 7.24. The molecule has 5 heteroatoms. The van der Waals surface area contributed by atoms with E-state index in [1.807, 2.05) is 19.9 Å². The fraction of sp³-hybridized carbons (Fsp3) is 0.826. The molecular formula is C23H34O5. The van der Waals surface area contributed by atoms with Crippen LogP contribution in [-0.4, -0.2) is 37.9 Å². The molecule has 0 aromatic rings. The summed E-state index contributed by atoms with van der Waals surface area (Å²) >= 11 is 0. The Morgan fingerprint density at radius 3 is 2.54 bits per heavy atom. The van der Waals surface area contributed by atoms with E-state index in [0.717, 1.165) is 57.3 Å². The quantitative estimate of drug-likeness (QED) is 0.535. The maximum absolute atomic E-state index is 11.9. The molecule has 0 radical (unpaired) electrons. The number of carbonyl (C=O) groups is 2. The number of fused-ring (bicyclic) bond motifs is 2. The predicted octanol–water partition coefficient (Wildman–Crippen LogP) is 4.05. The maximum atomic E-state index is 11.9. The van der Waals surface area contributed by atoms with Crippen LogP contribution in [0.2, 0.25) is 0 Å². The van der Waals surface area contributed by atoms with Gasteiger partial charge in [-0.15, -0.1) is 0 Å². The zero-order valence-corrected chi connectivity index (χ0v) is 17.5. The van der Waals surface area contributed by atoms with E-state index < -0.39 is 5.79 Å². The fourth-order valence-corrected chi connectivity index (χ4v) is 6.68. The molecule has 4 aliphatic rings. The normalized spacial score (nSPS) is 39.2. The van der Waals surface area contributed by atoms with Gasteiger partial charge in [0.1, 0.15) is 12.9 Å². The van der Waals surface area contributed by atoms with Gasteiger partial charge in [0.05, 0.1) is 13.2 Å². The first kappa shape index (κ1) is 20.1. The highest BCUT2D eigenvalue weighted by molar-refractivity contribution is 5.90. The van der Waals surface area contributed by atoms with E-state index in [9.17, 15) is 9.59 Å². The molecule has 1 saturated heterocycles. The minimum Gasteiger partial charge on any atom is -0.458 e. The molecule has 0 amide bonds. The Morgan fingerprint density at radius 2 is 1.89 bits per heavy atom. The number of esters is 1. The van der Waals surface area contributed by atoms with Crippen LogP contribution in [0.15, 0.2) is 11.6 Å². The molecule has 4 atom stereocenters. The first-order chi connectivity index (χ1) is 13.3. The van der Waals surface area contributed by atoms with E-state index in [2.05, 4.69) is 6.92 Å². The Kier molecular flexibility index (Phi) is 5.20. The van der Waals surface area contributed by atoms with Gasteiger partial charge in [-0.3, -0.25) is 0 Å². The van der Waals surface area contributed by atoms with Crippen molar-refractivity contribution in [3.8, 4) is 0 Å². The van der Waals surface area contributed by atoms with Crippen LogP contribution in [0.25, 0.3) is 0 Å². The fourth-order valence-electron chi connectivity index (χ4n) is 6.68. The summed E-state index contributed by atoms with van der Waals surface area (Å²) < 4.78 is 17.3. The molecule has 4 rings (SSSR count). The van der Waals surface area contributed by atoms with Crippen LogP contribution in [-0.2, 0) is 23.8 Å². The first-order valence-electron chi connectivity index (χ1n) is 10.9. The van der Waals surface area contributed by atoms with Gasteiger partial charge in [0.2, 0.25) is 0 Å². The van der Waals surface area contributed by atoms with E-state index in [4.69, 9.17) is 14.2 Å². The molecule has 0 N–H and O–H groups in total. The van der Waals surface area contributed by atoms with Crippen molar-refractivity contribution in [1.82, 2.24) is 0 Å². The van der Waals surface area contributed by atoms with Crippen molar-refractivity contribution in [3.63, 3.8) is 0 Å². The second-order valence-corrected chi connectivity index (χ2v) is 10.1. The van der Waals surface area contributed by atoms with Crippen LogP contribution >= 0.6 is 0 Å². The van der Waals surface area contributed by atoms with E-state index in [0.29, 0.717) is 24.9 Å².